The fraction of sp³-hybridized carbons (Fsp3) is 0.400. The number of rotatable bonds is 4. The first-order chi connectivity index (χ1) is 10.3. The highest BCUT2D eigenvalue weighted by atomic mass is 127. The van der Waals surface area contributed by atoms with Gasteiger partial charge >= 0.3 is 0 Å². The second-order valence-corrected chi connectivity index (χ2v) is 5.23. The molecule has 0 amide bonds. The fourth-order valence-electron chi connectivity index (χ4n) is 2.44. The highest BCUT2D eigenvalue weighted by Crippen LogP contribution is 2.40. The largest absolute Gasteiger partial charge is 0.353 e. The molecular formula is C15H21IN6. The Morgan fingerprint density at radius 1 is 1.36 bits per heavy atom. The van der Waals surface area contributed by atoms with Gasteiger partial charge in [0.05, 0.1) is 6.54 Å². The zero-order chi connectivity index (χ0) is 14.7. The van der Waals surface area contributed by atoms with Gasteiger partial charge in [-0.15, -0.1) is 24.0 Å². The zero-order valence-electron chi connectivity index (χ0n) is 12.7. The topological polar surface area (TPSA) is 67.1 Å². The van der Waals surface area contributed by atoms with Gasteiger partial charge in [0.15, 0.2) is 5.96 Å². The van der Waals surface area contributed by atoms with Crippen molar-refractivity contribution in [2.24, 2.45) is 12.0 Å². The average molecular weight is 412 g/mol. The average Bonchev–Trinajstić information content (AvgIpc) is 3.17. The van der Waals surface area contributed by atoms with Crippen LogP contribution in [-0.2, 0) is 13.6 Å². The molecule has 0 radical (unpaired) electrons. The van der Waals surface area contributed by atoms with Crippen molar-refractivity contribution in [1.29, 1.82) is 0 Å². The quantitative estimate of drug-likeness (QED) is 0.456. The molecule has 0 spiro atoms. The summed E-state index contributed by atoms with van der Waals surface area (Å²) in [5, 5.41) is 10.8. The van der Waals surface area contributed by atoms with Crippen molar-refractivity contribution in [1.82, 2.24) is 25.4 Å². The monoisotopic (exact) mass is 412 g/mol. The van der Waals surface area contributed by atoms with Gasteiger partial charge < -0.3 is 10.6 Å². The molecule has 1 aliphatic rings. The smallest absolute Gasteiger partial charge is 0.191 e. The molecule has 1 fully saturated rings. The van der Waals surface area contributed by atoms with E-state index >= 15 is 0 Å². The van der Waals surface area contributed by atoms with E-state index in [-0.39, 0.29) is 24.0 Å². The highest BCUT2D eigenvalue weighted by Gasteiger charge is 2.38. The minimum Gasteiger partial charge on any atom is -0.353 e. The van der Waals surface area contributed by atoms with E-state index in [1.807, 2.05) is 7.05 Å². The number of nitrogens with zero attached hydrogens (tertiary/aromatic N) is 4. The molecule has 0 aliphatic heterocycles. The molecule has 1 aromatic heterocycles. The van der Waals surface area contributed by atoms with Gasteiger partial charge in [-0.2, -0.15) is 5.10 Å². The third-order valence-electron chi connectivity index (χ3n) is 3.78. The van der Waals surface area contributed by atoms with Crippen LogP contribution in [0.15, 0.2) is 41.7 Å². The van der Waals surface area contributed by atoms with Crippen LogP contribution in [0.1, 0.15) is 23.7 Å². The molecule has 0 saturated heterocycles. The van der Waals surface area contributed by atoms with E-state index in [1.54, 1.807) is 18.1 Å². The summed E-state index contributed by atoms with van der Waals surface area (Å²) in [6.07, 6.45) is 2.70. The van der Waals surface area contributed by atoms with E-state index < -0.39 is 0 Å². The van der Waals surface area contributed by atoms with Crippen molar-refractivity contribution in [3.8, 4) is 0 Å². The number of guanidine groups is 1. The Morgan fingerprint density at radius 3 is 2.77 bits per heavy atom. The second-order valence-electron chi connectivity index (χ2n) is 5.23. The number of hydrogen-bond acceptors (Lipinski definition) is 3. The van der Waals surface area contributed by atoms with Crippen LogP contribution in [0.4, 0.5) is 0 Å². The number of hydrogen-bond donors (Lipinski definition) is 2. The summed E-state index contributed by atoms with van der Waals surface area (Å²) >= 11 is 0. The lowest BCUT2D eigenvalue weighted by atomic mass is 10.1. The van der Waals surface area contributed by atoms with Crippen LogP contribution >= 0.6 is 24.0 Å². The molecule has 2 N–H and O–H groups in total. The third kappa shape index (κ3) is 3.96. The summed E-state index contributed by atoms with van der Waals surface area (Å²) in [6, 6.07) is 11.1. The summed E-state index contributed by atoms with van der Waals surface area (Å²) in [5.41, 5.74) is 1.39. The Bertz CT molecular complexity index is 624. The minimum atomic E-state index is 0. The first-order valence-corrected chi connectivity index (χ1v) is 7.13. The van der Waals surface area contributed by atoms with E-state index in [0.29, 0.717) is 18.5 Å². The lowest BCUT2D eigenvalue weighted by Gasteiger charge is -2.11. The molecule has 2 aromatic rings. The van der Waals surface area contributed by atoms with Gasteiger partial charge in [0.25, 0.3) is 0 Å². The Labute approximate surface area is 147 Å². The number of nitrogens with one attached hydrogen (secondary N) is 2. The van der Waals surface area contributed by atoms with E-state index in [4.69, 9.17) is 0 Å². The van der Waals surface area contributed by atoms with Crippen molar-refractivity contribution < 1.29 is 0 Å². The lowest BCUT2D eigenvalue weighted by Crippen LogP contribution is -2.39. The predicted molar refractivity (Wildman–Crippen MR) is 97.3 cm³/mol. The molecule has 2 unspecified atom stereocenters. The summed E-state index contributed by atoms with van der Waals surface area (Å²) in [5.74, 6) is 2.27. The van der Waals surface area contributed by atoms with Gasteiger partial charge in [0, 0.05) is 26.1 Å². The third-order valence-corrected chi connectivity index (χ3v) is 3.78. The van der Waals surface area contributed by atoms with Crippen LogP contribution in [0, 0.1) is 0 Å². The Balaban J connectivity index is 0.00000176. The van der Waals surface area contributed by atoms with E-state index in [9.17, 15) is 0 Å². The van der Waals surface area contributed by atoms with Gasteiger partial charge in [-0.25, -0.2) is 4.98 Å². The molecule has 3 rings (SSSR count). The number of aliphatic imine (C=N–C) groups is 1. The summed E-state index contributed by atoms with van der Waals surface area (Å²) in [4.78, 5) is 8.45. The number of halogens is 1. The summed E-state index contributed by atoms with van der Waals surface area (Å²) < 4.78 is 1.75. The van der Waals surface area contributed by atoms with Crippen LogP contribution in [0.5, 0.6) is 0 Å². The van der Waals surface area contributed by atoms with Gasteiger partial charge in [-0.05, 0) is 12.0 Å². The van der Waals surface area contributed by atoms with Gasteiger partial charge in [0.2, 0.25) is 0 Å². The Kier molecular flexibility index (Phi) is 5.76. The van der Waals surface area contributed by atoms with Crippen molar-refractivity contribution in [2.45, 2.75) is 24.9 Å². The van der Waals surface area contributed by atoms with Gasteiger partial charge in [0.1, 0.15) is 12.2 Å². The predicted octanol–water partition coefficient (Wildman–Crippen LogP) is 1.65. The number of aromatic nitrogens is 3. The molecule has 0 bridgehead atoms. The molecule has 7 heteroatoms. The Morgan fingerprint density at radius 2 is 2.14 bits per heavy atom. The van der Waals surface area contributed by atoms with Crippen LogP contribution in [0.3, 0.4) is 0 Å². The highest BCUT2D eigenvalue weighted by molar-refractivity contribution is 14.0. The standard InChI is InChI=1S/C15H20N6.HI/c1-16-15(17-9-14-18-10-19-21(14)2)20-13-8-12(13)11-6-4-3-5-7-11;/h3-7,10,12-13H,8-9H2,1-2H3,(H2,16,17,20);1H. The van der Waals surface area contributed by atoms with Crippen LogP contribution in [0.25, 0.3) is 0 Å². The molecule has 6 nitrogen and oxygen atoms in total. The van der Waals surface area contributed by atoms with E-state index in [0.717, 1.165) is 18.2 Å². The molecule has 1 aliphatic carbocycles. The molecule has 118 valence electrons. The molecule has 1 saturated carbocycles. The maximum absolute atomic E-state index is 4.26. The van der Waals surface area contributed by atoms with Crippen molar-refractivity contribution in [2.75, 3.05) is 7.05 Å². The van der Waals surface area contributed by atoms with Gasteiger partial charge in [-0.1, -0.05) is 30.3 Å². The molecule has 2 atom stereocenters. The molecule has 1 heterocycles. The zero-order valence-corrected chi connectivity index (χ0v) is 15.1. The normalized spacial score (nSPS) is 20.2. The van der Waals surface area contributed by atoms with Crippen LogP contribution in [-0.4, -0.2) is 33.8 Å². The number of aryl methyl sites for hydroxylation is 1. The maximum Gasteiger partial charge on any atom is 0.191 e. The van der Waals surface area contributed by atoms with Gasteiger partial charge in [-0.3, -0.25) is 9.67 Å². The van der Waals surface area contributed by atoms with Crippen LogP contribution < -0.4 is 10.6 Å². The van der Waals surface area contributed by atoms with Crippen molar-refractivity contribution in [3.05, 3.63) is 48.0 Å². The van der Waals surface area contributed by atoms with Crippen LogP contribution in [0.2, 0.25) is 0 Å². The minimum absolute atomic E-state index is 0. The summed E-state index contributed by atoms with van der Waals surface area (Å²) in [7, 11) is 3.67. The molecule has 22 heavy (non-hydrogen) atoms. The lowest BCUT2D eigenvalue weighted by molar-refractivity contribution is 0.671. The fourth-order valence-corrected chi connectivity index (χ4v) is 2.44. The molecular weight excluding hydrogens is 391 g/mol. The van der Waals surface area contributed by atoms with Crippen molar-refractivity contribution >= 4 is 29.9 Å². The van der Waals surface area contributed by atoms with E-state index in [1.165, 1.54) is 5.56 Å². The number of benzene rings is 1. The SMILES string of the molecule is CN=C(NCc1ncnn1C)NC1CC1c1ccccc1.I. The second kappa shape index (κ2) is 7.57. The first-order valence-electron chi connectivity index (χ1n) is 7.13. The van der Waals surface area contributed by atoms with Crippen molar-refractivity contribution in [3.63, 3.8) is 0 Å². The van der Waals surface area contributed by atoms with E-state index in [2.05, 4.69) is 56.0 Å². The Hall–Kier alpha value is -1.64. The maximum atomic E-state index is 4.26. The summed E-state index contributed by atoms with van der Waals surface area (Å²) in [6.45, 7) is 0.610. The molecule has 1 aromatic carbocycles. The first kappa shape index (κ1) is 16.7.